The number of hydrogen-bond donors (Lipinski definition) is 3. The van der Waals surface area contributed by atoms with Gasteiger partial charge in [0.25, 0.3) is 0 Å². The molecule has 0 bridgehead atoms. The number of carbonyl (C=O) groups is 1. The number of rotatable bonds is 19. The van der Waals surface area contributed by atoms with E-state index in [-0.39, 0.29) is 5.75 Å². The number of anilines is 2. The molecular formula is C87H98ClN11O10S2. The highest BCUT2D eigenvalue weighted by molar-refractivity contribution is 8.13. The van der Waals surface area contributed by atoms with Gasteiger partial charge in [-0.15, -0.1) is 0 Å². The first kappa shape index (κ1) is 87.9. The molecule has 0 aliphatic heterocycles. The maximum Gasteiger partial charge on any atom is 0.405 e. The van der Waals surface area contributed by atoms with Crippen molar-refractivity contribution < 1.29 is 45.3 Å². The number of hydrogen-bond acceptors (Lipinski definition) is 16. The Morgan fingerprint density at radius 3 is 0.937 bits per heavy atom. The maximum atomic E-state index is 10.0. The zero-order chi connectivity index (χ0) is 81.7. The van der Waals surface area contributed by atoms with E-state index in [4.69, 9.17) is 38.8 Å². The highest BCUT2D eigenvalue weighted by Crippen LogP contribution is 2.40. The van der Waals surface area contributed by atoms with Gasteiger partial charge in [0.1, 0.15) is 52.9 Å². The Kier molecular flexibility index (Phi) is 33.3. The van der Waals surface area contributed by atoms with Gasteiger partial charge < -0.3 is 58.7 Å². The topological polar surface area (TPSA) is 310 Å². The number of halogens is 1. The van der Waals surface area contributed by atoms with Gasteiger partial charge >= 0.3 is 17.7 Å². The van der Waals surface area contributed by atoms with Crippen molar-refractivity contribution in [1.29, 1.82) is 21.0 Å². The van der Waals surface area contributed by atoms with Crippen LogP contribution >= 0.6 is 10.7 Å². The van der Waals surface area contributed by atoms with Gasteiger partial charge in [-0.2, -0.15) is 29.5 Å². The molecule has 0 atom stereocenters. The lowest BCUT2D eigenvalue weighted by Crippen LogP contribution is -2.27. The molecule has 12 aromatic rings. The van der Waals surface area contributed by atoms with E-state index >= 15 is 0 Å². The van der Waals surface area contributed by atoms with Gasteiger partial charge in [0.05, 0.1) is 99.3 Å². The lowest BCUT2D eigenvalue weighted by molar-refractivity contribution is 0.0599. The number of nitrogens with one attached hydrogen (secondary N) is 1. The third-order valence-corrected chi connectivity index (χ3v) is 18.5. The van der Waals surface area contributed by atoms with Crippen molar-refractivity contribution in [3.05, 3.63) is 203 Å². The first-order valence-corrected chi connectivity index (χ1v) is 39.8. The number of benzene rings is 8. The van der Waals surface area contributed by atoms with Crippen molar-refractivity contribution in [2.45, 2.75) is 136 Å². The quantitative estimate of drug-likeness (QED) is 0.0500. The molecule has 8 aromatic carbocycles. The van der Waals surface area contributed by atoms with Gasteiger partial charge in [-0.05, 0) is 276 Å². The van der Waals surface area contributed by atoms with E-state index in [9.17, 15) is 34.3 Å². The number of nitrogens with zero attached hydrogens (tertiary/aromatic N) is 8. The Morgan fingerprint density at radius 1 is 0.450 bits per heavy atom. The van der Waals surface area contributed by atoms with Crippen molar-refractivity contribution >= 4 is 92.4 Å². The van der Waals surface area contributed by atoms with Crippen LogP contribution in [0.5, 0.6) is 23.0 Å². The first-order valence-electron chi connectivity index (χ1n) is 36.6. The Morgan fingerprint density at radius 2 is 0.712 bits per heavy atom. The van der Waals surface area contributed by atoms with Gasteiger partial charge in [-0.1, -0.05) is 31.2 Å². The third-order valence-electron chi connectivity index (χ3n) is 17.2. The molecule has 0 fully saturated rings. The lowest BCUT2D eigenvalue weighted by Gasteiger charge is -2.16. The monoisotopic (exact) mass is 1560 g/mol. The first-order chi connectivity index (χ1) is 53.2. The normalized spacial score (nSPS) is 10.6. The second-order valence-corrected chi connectivity index (χ2v) is 28.9. The summed E-state index contributed by atoms with van der Waals surface area (Å²) in [6.07, 6.45) is -0.725. The summed E-state index contributed by atoms with van der Waals surface area (Å²) in [4.78, 5) is 10.0. The van der Waals surface area contributed by atoms with E-state index in [1.807, 2.05) is 167 Å². The summed E-state index contributed by atoms with van der Waals surface area (Å²) >= 11 is -0.750. The van der Waals surface area contributed by atoms with Crippen LogP contribution in [0.3, 0.4) is 0 Å². The van der Waals surface area contributed by atoms with Crippen LogP contribution in [-0.4, -0.2) is 85.5 Å². The fourth-order valence-electron chi connectivity index (χ4n) is 12.7. The van der Waals surface area contributed by atoms with Gasteiger partial charge in [0, 0.05) is 76.3 Å². The Labute approximate surface area is 659 Å². The molecule has 580 valence electrons. The van der Waals surface area contributed by atoms with Gasteiger partial charge in [0.15, 0.2) is 0 Å². The number of nitrogen functional groups attached to an aromatic ring is 1. The average molecular weight is 1560 g/mol. The number of fused-ring (bicyclic) bond motifs is 4. The largest absolute Gasteiger partial charge is 0.494 e. The fourth-order valence-corrected chi connectivity index (χ4v) is 12.7. The molecule has 0 aliphatic rings. The number of aromatic nitrogens is 4. The molecule has 111 heavy (non-hydrogen) atoms. The molecule has 0 saturated heterocycles. The number of nitrogens with two attached hydrogens (primary N) is 2. The van der Waals surface area contributed by atoms with Crippen molar-refractivity contribution in [3.63, 3.8) is 0 Å². The van der Waals surface area contributed by atoms with Crippen molar-refractivity contribution in [1.82, 2.24) is 18.3 Å². The number of primary amides is 1. The summed E-state index contributed by atoms with van der Waals surface area (Å²) in [6.45, 7) is 36.0. The molecule has 0 saturated carbocycles. The Bertz CT molecular complexity index is 5110. The van der Waals surface area contributed by atoms with Gasteiger partial charge in [-0.3, -0.25) is 0 Å². The van der Waals surface area contributed by atoms with E-state index in [0.717, 1.165) is 167 Å². The van der Waals surface area contributed by atoms with Crippen molar-refractivity contribution in [3.8, 4) is 92.3 Å². The average Bonchev–Trinajstić information content (AvgIpc) is 1.65. The molecule has 0 spiro atoms. The van der Waals surface area contributed by atoms with Crippen LogP contribution in [-0.2, 0) is 51.5 Å². The zero-order valence-corrected chi connectivity index (χ0v) is 68.1. The van der Waals surface area contributed by atoms with E-state index < -0.39 is 32.3 Å². The van der Waals surface area contributed by atoms with Crippen molar-refractivity contribution in [2.75, 3.05) is 49.8 Å². The SMILES string of the molecule is CC(C)(C)OC(N)=O.CCNc1ccc2c(C#N)c(-c3ccc(OCC)cc3)n(CC)c2c1.CCOc1ccc(-c2c(C#N)c3ccc(C)cc3n2CC)cc1.CCOc1ccc(-c2c(C#N)c3ccc(C)cc3n2CC)cc1.CCOc1ccc(-c2c(C#N)c3ccc(N)cc3n2CC)cc1.CCS(=O)(=O)Cl.O=S=O. The van der Waals surface area contributed by atoms with E-state index in [1.165, 1.54) is 18.1 Å². The number of nitriles is 4. The molecule has 4 heterocycles. The minimum atomic E-state index is -3.19. The number of ether oxygens (including phenoxy) is 5. The van der Waals surface area contributed by atoms with E-state index in [2.05, 4.69) is 142 Å². The van der Waals surface area contributed by atoms with Crippen LogP contribution in [0, 0.1) is 59.2 Å². The molecular weight excluding hydrogens is 1460 g/mol. The predicted octanol–water partition coefficient (Wildman–Crippen LogP) is 19.8. The minimum absolute atomic E-state index is 0.00849. The molecule has 0 radical (unpaired) electrons. The summed E-state index contributed by atoms with van der Waals surface area (Å²) in [5, 5.41) is 46.2. The number of amides is 1. The van der Waals surface area contributed by atoms with Gasteiger partial charge in [0.2, 0.25) is 9.05 Å². The van der Waals surface area contributed by atoms with Crippen LogP contribution in [0.1, 0.15) is 123 Å². The summed E-state index contributed by atoms with van der Waals surface area (Å²) in [5.74, 6) is 3.39. The van der Waals surface area contributed by atoms with E-state index in [1.54, 1.807) is 20.8 Å². The van der Waals surface area contributed by atoms with Crippen LogP contribution in [0.4, 0.5) is 16.2 Å². The van der Waals surface area contributed by atoms with Crippen LogP contribution in [0.25, 0.3) is 88.6 Å². The molecule has 4 aromatic heterocycles. The molecule has 1 amide bonds. The summed E-state index contributed by atoms with van der Waals surface area (Å²) in [5.41, 5.74) is 29.6. The molecule has 0 aliphatic carbocycles. The highest BCUT2D eigenvalue weighted by atomic mass is 35.7. The lowest BCUT2D eigenvalue weighted by atomic mass is 10.1. The van der Waals surface area contributed by atoms with E-state index in [0.29, 0.717) is 37.7 Å². The van der Waals surface area contributed by atoms with Crippen molar-refractivity contribution in [2.24, 2.45) is 5.73 Å². The molecule has 21 nitrogen and oxygen atoms in total. The van der Waals surface area contributed by atoms with Crippen LogP contribution in [0.2, 0.25) is 0 Å². The smallest absolute Gasteiger partial charge is 0.405 e. The summed E-state index contributed by atoms with van der Waals surface area (Å²) in [7, 11) is 1.50. The maximum absolute atomic E-state index is 10.0. The van der Waals surface area contributed by atoms with Gasteiger partial charge in [-0.25, -0.2) is 13.2 Å². The second kappa shape index (κ2) is 42.1. The fraction of sp³-hybridized carbons (Fsp3) is 0.299. The number of carbonyl (C=O) groups excluding carboxylic acids is 1. The Hall–Kier alpha value is -12.0. The third kappa shape index (κ3) is 22.8. The summed E-state index contributed by atoms with van der Waals surface area (Å²) < 4.78 is 71.5. The highest BCUT2D eigenvalue weighted by Gasteiger charge is 2.23. The minimum Gasteiger partial charge on any atom is -0.494 e. The molecule has 0 unspecified atom stereocenters. The molecule has 24 heteroatoms. The molecule has 12 rings (SSSR count). The number of aryl methyl sites for hydroxylation is 6. The second-order valence-electron chi connectivity index (χ2n) is 25.7. The zero-order valence-electron chi connectivity index (χ0n) is 65.7. The standard InChI is InChI=1S/C21H23N3O.2C20H20N2O.C19H19N3O.C5H11NO2.C2H5ClO2S.O2S/c1-4-23-16-9-12-18-19(14-22)21(24(5-2)20(18)13-16)15-7-10-17(11-8-15)25-6-3;2*1-4-22-19-12-14(3)6-11-17(19)18(13-21)20(22)15-7-9-16(10-8-15)23-5-2;1-3-22-18-11-14(21)7-10-16(18)17(12-20)19(22)13-5-8-15(9-6-13)23-4-2;1-5(2,3)8-4(6)7;1-2-6(3,4)5;1-3-2/h7-13,23H,4-6H2,1-3H3;2*6-12H,4-5H2,1-3H3;5-11H,3-4,21H2,1-2H3;1-3H3,(H2,6,7);2H2,1H3;. The molecule has 5 N–H and O–H groups in total. The van der Waals surface area contributed by atoms with Crippen LogP contribution < -0.4 is 35.7 Å². The predicted molar refractivity (Wildman–Crippen MR) is 448 cm³/mol. The van der Waals surface area contributed by atoms with Crippen LogP contribution in [0.15, 0.2) is 170 Å². The summed E-state index contributed by atoms with van der Waals surface area (Å²) in [6, 6.07) is 65.8. The Balaban J connectivity index is 0.000000215.